The van der Waals surface area contributed by atoms with Crippen LogP contribution in [0.4, 0.5) is 0 Å². The van der Waals surface area contributed by atoms with Crippen molar-refractivity contribution >= 4 is 17.7 Å². The molecule has 0 radical (unpaired) electrons. The number of hydrogen-bond acceptors (Lipinski definition) is 4. The SMILES string of the molecule is CCSC1CCCC1NCC(N)C(=O)O. The van der Waals surface area contributed by atoms with Crippen LogP contribution in [-0.2, 0) is 4.79 Å². The fraction of sp³-hybridized carbons (Fsp3) is 0.900. The zero-order valence-corrected chi connectivity index (χ0v) is 9.93. The number of aliphatic carboxylic acids is 1. The highest BCUT2D eigenvalue weighted by molar-refractivity contribution is 7.99. The maximum atomic E-state index is 10.5. The predicted octanol–water partition coefficient (Wildman–Crippen LogP) is 0.662. The summed E-state index contributed by atoms with van der Waals surface area (Å²) in [4.78, 5) is 10.5. The molecule has 0 aromatic heterocycles. The number of hydrogen-bond donors (Lipinski definition) is 3. The van der Waals surface area contributed by atoms with Crippen LogP contribution in [-0.4, -0.2) is 40.7 Å². The van der Waals surface area contributed by atoms with Gasteiger partial charge in [0.1, 0.15) is 6.04 Å². The summed E-state index contributed by atoms with van der Waals surface area (Å²) in [6.07, 6.45) is 3.61. The number of nitrogens with two attached hydrogens (primary N) is 1. The van der Waals surface area contributed by atoms with E-state index in [1.165, 1.54) is 12.8 Å². The summed E-state index contributed by atoms with van der Waals surface area (Å²) in [5, 5.41) is 12.6. The molecule has 0 bridgehead atoms. The molecule has 3 unspecified atom stereocenters. The molecule has 4 nitrogen and oxygen atoms in total. The molecule has 5 heteroatoms. The first-order valence-electron chi connectivity index (χ1n) is 5.48. The van der Waals surface area contributed by atoms with Gasteiger partial charge in [0.25, 0.3) is 0 Å². The third kappa shape index (κ3) is 4.01. The van der Waals surface area contributed by atoms with E-state index in [-0.39, 0.29) is 0 Å². The van der Waals surface area contributed by atoms with Gasteiger partial charge in [0.15, 0.2) is 0 Å². The van der Waals surface area contributed by atoms with Crippen LogP contribution in [0.5, 0.6) is 0 Å². The maximum Gasteiger partial charge on any atom is 0.321 e. The Bertz CT molecular complexity index is 214. The van der Waals surface area contributed by atoms with Gasteiger partial charge in [-0.2, -0.15) is 11.8 Å². The lowest BCUT2D eigenvalue weighted by atomic mass is 10.2. The highest BCUT2D eigenvalue weighted by atomic mass is 32.2. The van der Waals surface area contributed by atoms with E-state index in [9.17, 15) is 4.79 Å². The first-order valence-corrected chi connectivity index (χ1v) is 6.53. The zero-order chi connectivity index (χ0) is 11.3. The summed E-state index contributed by atoms with van der Waals surface area (Å²) in [5.41, 5.74) is 5.45. The van der Waals surface area contributed by atoms with Crippen LogP contribution in [0, 0.1) is 0 Å². The minimum Gasteiger partial charge on any atom is -0.480 e. The summed E-state index contributed by atoms with van der Waals surface area (Å²) in [5.74, 6) is 0.189. The summed E-state index contributed by atoms with van der Waals surface area (Å²) in [7, 11) is 0. The molecule has 0 aliphatic heterocycles. The second kappa shape index (κ2) is 6.35. The monoisotopic (exact) mass is 232 g/mol. The molecule has 15 heavy (non-hydrogen) atoms. The fourth-order valence-electron chi connectivity index (χ4n) is 1.94. The average Bonchev–Trinajstić information content (AvgIpc) is 2.62. The number of carboxylic acids is 1. The molecule has 0 aromatic carbocycles. The largest absolute Gasteiger partial charge is 0.480 e. The molecule has 0 heterocycles. The Morgan fingerprint density at radius 3 is 3.00 bits per heavy atom. The van der Waals surface area contributed by atoms with E-state index in [0.717, 1.165) is 12.2 Å². The lowest BCUT2D eigenvalue weighted by molar-refractivity contribution is -0.138. The molecule has 1 aliphatic rings. The third-order valence-corrected chi connectivity index (χ3v) is 4.08. The molecule has 0 spiro atoms. The van der Waals surface area contributed by atoms with Crippen LogP contribution < -0.4 is 11.1 Å². The Hall–Kier alpha value is -0.260. The Kier molecular flexibility index (Phi) is 5.42. The number of carboxylic acid groups (broad SMARTS) is 1. The van der Waals surface area contributed by atoms with E-state index < -0.39 is 12.0 Å². The fourth-order valence-corrected chi connectivity index (χ4v) is 3.16. The third-order valence-electron chi connectivity index (χ3n) is 2.75. The van der Waals surface area contributed by atoms with Gasteiger partial charge in [0.2, 0.25) is 0 Å². The second-order valence-corrected chi connectivity index (χ2v) is 5.40. The average molecular weight is 232 g/mol. The van der Waals surface area contributed by atoms with E-state index in [1.54, 1.807) is 0 Å². The summed E-state index contributed by atoms with van der Waals surface area (Å²) >= 11 is 1.96. The van der Waals surface area contributed by atoms with Crippen molar-refractivity contribution in [1.82, 2.24) is 5.32 Å². The van der Waals surface area contributed by atoms with Crippen molar-refractivity contribution in [2.45, 2.75) is 43.5 Å². The number of nitrogens with one attached hydrogen (secondary N) is 1. The minimum atomic E-state index is -0.930. The van der Waals surface area contributed by atoms with Gasteiger partial charge in [-0.3, -0.25) is 4.79 Å². The van der Waals surface area contributed by atoms with Crippen LogP contribution in [0.15, 0.2) is 0 Å². The molecule has 1 rings (SSSR count). The molecule has 0 aromatic rings. The second-order valence-electron chi connectivity index (χ2n) is 3.88. The Morgan fingerprint density at radius 1 is 1.67 bits per heavy atom. The molecule has 0 saturated heterocycles. The van der Waals surface area contributed by atoms with Crippen LogP contribution in [0.2, 0.25) is 0 Å². The number of rotatable bonds is 6. The molecule has 1 aliphatic carbocycles. The van der Waals surface area contributed by atoms with Crippen LogP contribution in [0.25, 0.3) is 0 Å². The number of carbonyl (C=O) groups is 1. The van der Waals surface area contributed by atoms with E-state index in [0.29, 0.717) is 17.8 Å². The van der Waals surface area contributed by atoms with Crippen molar-refractivity contribution in [2.75, 3.05) is 12.3 Å². The predicted molar refractivity (Wildman–Crippen MR) is 63.2 cm³/mol. The first-order chi connectivity index (χ1) is 7.15. The van der Waals surface area contributed by atoms with Gasteiger partial charge in [0, 0.05) is 17.8 Å². The van der Waals surface area contributed by atoms with Gasteiger partial charge >= 0.3 is 5.97 Å². The summed E-state index contributed by atoms with van der Waals surface area (Å²) in [6, 6.07) is -0.335. The van der Waals surface area contributed by atoms with Crippen molar-refractivity contribution in [2.24, 2.45) is 5.73 Å². The molecule has 1 saturated carbocycles. The van der Waals surface area contributed by atoms with Gasteiger partial charge in [-0.05, 0) is 18.6 Å². The van der Waals surface area contributed by atoms with E-state index in [4.69, 9.17) is 10.8 Å². The molecule has 1 fully saturated rings. The Labute approximate surface area is 95.0 Å². The van der Waals surface area contributed by atoms with Crippen molar-refractivity contribution in [1.29, 1.82) is 0 Å². The van der Waals surface area contributed by atoms with Crippen LogP contribution >= 0.6 is 11.8 Å². The normalized spacial score (nSPS) is 27.9. The topological polar surface area (TPSA) is 75.3 Å². The molecular weight excluding hydrogens is 212 g/mol. The maximum absolute atomic E-state index is 10.5. The standard InChI is InChI=1S/C10H20N2O2S/c1-2-15-9-5-3-4-8(9)12-6-7(11)10(13)14/h7-9,12H,2-6,11H2,1H3,(H,13,14). The summed E-state index contributed by atoms with van der Waals surface area (Å²) in [6.45, 7) is 2.53. The van der Waals surface area contributed by atoms with Crippen molar-refractivity contribution in [3.63, 3.8) is 0 Å². The smallest absolute Gasteiger partial charge is 0.321 e. The molecule has 3 atom stereocenters. The van der Waals surface area contributed by atoms with Gasteiger partial charge in [-0.15, -0.1) is 0 Å². The van der Waals surface area contributed by atoms with E-state index in [2.05, 4.69) is 12.2 Å². The quantitative estimate of drug-likeness (QED) is 0.627. The Morgan fingerprint density at radius 2 is 2.40 bits per heavy atom. The highest BCUT2D eigenvalue weighted by Gasteiger charge is 2.27. The first kappa shape index (κ1) is 12.8. The highest BCUT2D eigenvalue weighted by Crippen LogP contribution is 2.29. The van der Waals surface area contributed by atoms with E-state index in [1.807, 2.05) is 11.8 Å². The minimum absolute atomic E-state index is 0.376. The van der Waals surface area contributed by atoms with Gasteiger partial charge < -0.3 is 16.2 Å². The molecule has 88 valence electrons. The van der Waals surface area contributed by atoms with Gasteiger partial charge in [-0.1, -0.05) is 13.3 Å². The van der Waals surface area contributed by atoms with Crippen molar-refractivity contribution < 1.29 is 9.90 Å². The summed E-state index contributed by atoms with van der Waals surface area (Å²) < 4.78 is 0. The van der Waals surface area contributed by atoms with E-state index >= 15 is 0 Å². The van der Waals surface area contributed by atoms with Crippen molar-refractivity contribution in [3.05, 3.63) is 0 Å². The van der Waals surface area contributed by atoms with Crippen molar-refractivity contribution in [3.8, 4) is 0 Å². The number of thioether (sulfide) groups is 1. The van der Waals surface area contributed by atoms with Gasteiger partial charge in [0.05, 0.1) is 0 Å². The Balaban J connectivity index is 2.28. The lowest BCUT2D eigenvalue weighted by Gasteiger charge is -2.21. The zero-order valence-electron chi connectivity index (χ0n) is 9.11. The van der Waals surface area contributed by atoms with Gasteiger partial charge in [-0.25, -0.2) is 0 Å². The lowest BCUT2D eigenvalue weighted by Crippen LogP contribution is -2.45. The molecule has 4 N–H and O–H groups in total. The van der Waals surface area contributed by atoms with Crippen LogP contribution in [0.3, 0.4) is 0 Å². The molecule has 0 amide bonds. The molecular formula is C10H20N2O2S. The van der Waals surface area contributed by atoms with Crippen LogP contribution in [0.1, 0.15) is 26.2 Å².